The van der Waals surface area contributed by atoms with Crippen LogP contribution in [-0.4, -0.2) is 21.2 Å². The topological polar surface area (TPSA) is 46.2 Å². The maximum Gasteiger partial charge on any atom is 0.175 e. The molecule has 1 aliphatic rings. The monoisotopic (exact) mass is 253 g/mol. The Morgan fingerprint density at radius 2 is 2.06 bits per heavy atom. The van der Waals surface area contributed by atoms with E-state index >= 15 is 0 Å². The fourth-order valence-corrected chi connectivity index (χ4v) is 2.95. The zero-order valence-electron chi connectivity index (χ0n) is 10.1. The molecular weight excluding hydrogens is 234 g/mol. The predicted octanol–water partition coefficient (Wildman–Crippen LogP) is 2.29. The van der Waals surface area contributed by atoms with E-state index in [1.807, 2.05) is 12.1 Å². The van der Waals surface area contributed by atoms with E-state index in [2.05, 4.69) is 5.32 Å². The predicted molar refractivity (Wildman–Crippen MR) is 68.8 cm³/mol. The van der Waals surface area contributed by atoms with Crippen LogP contribution < -0.4 is 5.32 Å². The second-order valence-electron chi connectivity index (χ2n) is 4.70. The van der Waals surface area contributed by atoms with Gasteiger partial charge in [-0.05, 0) is 37.1 Å². The lowest BCUT2D eigenvalue weighted by Crippen LogP contribution is -2.20. The summed E-state index contributed by atoms with van der Waals surface area (Å²) in [6.45, 7) is 1.02. The van der Waals surface area contributed by atoms with Crippen molar-refractivity contribution in [3.05, 3.63) is 29.8 Å². The van der Waals surface area contributed by atoms with E-state index in [4.69, 9.17) is 0 Å². The molecule has 0 radical (unpaired) electrons. The molecule has 0 spiro atoms. The molecule has 1 N–H and O–H groups in total. The SMILES string of the molecule is CS(=O)(=O)c1cccc(C2CCCCCN2)c1. The van der Waals surface area contributed by atoms with Gasteiger partial charge in [-0.25, -0.2) is 8.42 Å². The summed E-state index contributed by atoms with van der Waals surface area (Å²) in [6, 6.07) is 7.61. The van der Waals surface area contributed by atoms with Crippen LogP contribution in [-0.2, 0) is 9.84 Å². The molecule has 0 aliphatic carbocycles. The lowest BCUT2D eigenvalue weighted by atomic mass is 10.0. The molecule has 94 valence electrons. The molecule has 1 heterocycles. The lowest BCUT2D eigenvalue weighted by Gasteiger charge is -2.16. The van der Waals surface area contributed by atoms with Gasteiger partial charge in [0, 0.05) is 12.3 Å². The van der Waals surface area contributed by atoms with Crippen molar-refractivity contribution in [1.82, 2.24) is 5.32 Å². The van der Waals surface area contributed by atoms with Gasteiger partial charge in [0.1, 0.15) is 0 Å². The first-order valence-corrected chi connectivity index (χ1v) is 8.00. The summed E-state index contributed by atoms with van der Waals surface area (Å²) < 4.78 is 23.0. The highest BCUT2D eigenvalue weighted by Gasteiger charge is 2.15. The van der Waals surface area contributed by atoms with Crippen molar-refractivity contribution in [2.75, 3.05) is 12.8 Å². The third-order valence-electron chi connectivity index (χ3n) is 3.25. The number of hydrogen-bond donors (Lipinski definition) is 1. The molecule has 2 rings (SSSR count). The Balaban J connectivity index is 2.26. The number of hydrogen-bond acceptors (Lipinski definition) is 3. The van der Waals surface area contributed by atoms with Gasteiger partial charge >= 0.3 is 0 Å². The maximum absolute atomic E-state index is 11.5. The van der Waals surface area contributed by atoms with Gasteiger partial charge < -0.3 is 5.32 Å². The molecule has 3 nitrogen and oxygen atoms in total. The normalized spacial score (nSPS) is 22.1. The summed E-state index contributed by atoms with van der Waals surface area (Å²) in [6.07, 6.45) is 6.03. The minimum Gasteiger partial charge on any atom is -0.310 e. The molecule has 1 atom stereocenters. The lowest BCUT2D eigenvalue weighted by molar-refractivity contribution is 0.533. The average molecular weight is 253 g/mol. The van der Waals surface area contributed by atoms with Gasteiger partial charge in [-0.3, -0.25) is 0 Å². The van der Waals surface area contributed by atoms with Gasteiger partial charge in [0.15, 0.2) is 9.84 Å². The van der Waals surface area contributed by atoms with Gasteiger partial charge in [-0.1, -0.05) is 25.0 Å². The maximum atomic E-state index is 11.5. The molecule has 1 fully saturated rings. The molecule has 17 heavy (non-hydrogen) atoms. The van der Waals surface area contributed by atoms with Crippen LogP contribution in [0, 0.1) is 0 Å². The molecule has 0 bridgehead atoms. The zero-order valence-corrected chi connectivity index (χ0v) is 11.0. The molecule has 1 aromatic rings. The molecule has 4 heteroatoms. The van der Waals surface area contributed by atoms with E-state index in [1.165, 1.54) is 25.5 Å². The van der Waals surface area contributed by atoms with Crippen LogP contribution in [0.4, 0.5) is 0 Å². The number of nitrogens with one attached hydrogen (secondary N) is 1. The van der Waals surface area contributed by atoms with Crippen molar-refractivity contribution in [1.29, 1.82) is 0 Å². The van der Waals surface area contributed by atoms with Gasteiger partial charge in [-0.2, -0.15) is 0 Å². The van der Waals surface area contributed by atoms with Crippen LogP contribution in [0.15, 0.2) is 29.2 Å². The van der Waals surface area contributed by atoms with Crippen LogP contribution in [0.25, 0.3) is 0 Å². The second kappa shape index (κ2) is 5.19. The van der Waals surface area contributed by atoms with E-state index in [1.54, 1.807) is 12.1 Å². The Kier molecular flexibility index (Phi) is 3.84. The van der Waals surface area contributed by atoms with E-state index in [-0.39, 0.29) is 0 Å². The summed E-state index contributed by atoms with van der Waals surface area (Å²) >= 11 is 0. The Morgan fingerprint density at radius 1 is 1.24 bits per heavy atom. The van der Waals surface area contributed by atoms with Gasteiger partial charge in [0.2, 0.25) is 0 Å². The zero-order chi connectivity index (χ0) is 12.3. The van der Waals surface area contributed by atoms with Gasteiger partial charge in [0.25, 0.3) is 0 Å². The average Bonchev–Trinajstić information content (AvgIpc) is 2.56. The third-order valence-corrected chi connectivity index (χ3v) is 4.36. The van der Waals surface area contributed by atoms with Crippen LogP contribution >= 0.6 is 0 Å². The Morgan fingerprint density at radius 3 is 2.82 bits per heavy atom. The minimum atomic E-state index is -3.10. The van der Waals surface area contributed by atoms with Crippen molar-refractivity contribution >= 4 is 9.84 Å². The van der Waals surface area contributed by atoms with Crippen molar-refractivity contribution < 1.29 is 8.42 Å². The first-order chi connectivity index (χ1) is 8.07. The van der Waals surface area contributed by atoms with Gasteiger partial charge in [-0.15, -0.1) is 0 Å². The van der Waals surface area contributed by atoms with Crippen molar-refractivity contribution in [2.45, 2.75) is 36.6 Å². The second-order valence-corrected chi connectivity index (χ2v) is 6.72. The standard InChI is InChI=1S/C13H19NO2S/c1-17(15,16)12-7-5-6-11(10-12)13-8-3-2-4-9-14-13/h5-7,10,13-14H,2-4,8-9H2,1H3. The van der Waals surface area contributed by atoms with E-state index < -0.39 is 9.84 Å². The highest BCUT2D eigenvalue weighted by molar-refractivity contribution is 7.90. The first-order valence-electron chi connectivity index (χ1n) is 6.11. The minimum absolute atomic E-state index is 0.305. The molecule has 0 amide bonds. The Bertz CT molecular complexity index is 474. The largest absolute Gasteiger partial charge is 0.310 e. The summed E-state index contributed by atoms with van der Waals surface area (Å²) in [5.74, 6) is 0. The van der Waals surface area contributed by atoms with E-state index in [0.717, 1.165) is 18.5 Å². The molecule has 1 aliphatic heterocycles. The fourth-order valence-electron chi connectivity index (χ4n) is 2.28. The quantitative estimate of drug-likeness (QED) is 0.879. The van der Waals surface area contributed by atoms with Crippen LogP contribution in [0.1, 0.15) is 37.3 Å². The number of rotatable bonds is 2. The van der Waals surface area contributed by atoms with Crippen LogP contribution in [0.2, 0.25) is 0 Å². The van der Waals surface area contributed by atoms with E-state index in [9.17, 15) is 8.42 Å². The summed E-state index contributed by atoms with van der Waals surface area (Å²) in [5.41, 5.74) is 1.09. The number of benzene rings is 1. The van der Waals surface area contributed by atoms with Crippen LogP contribution in [0.5, 0.6) is 0 Å². The van der Waals surface area contributed by atoms with E-state index in [0.29, 0.717) is 10.9 Å². The summed E-state index contributed by atoms with van der Waals surface area (Å²) in [7, 11) is -3.10. The Hall–Kier alpha value is -0.870. The smallest absolute Gasteiger partial charge is 0.175 e. The highest BCUT2D eigenvalue weighted by Crippen LogP contribution is 2.24. The molecule has 1 unspecified atom stereocenters. The summed E-state index contributed by atoms with van der Waals surface area (Å²) in [4.78, 5) is 0.418. The highest BCUT2D eigenvalue weighted by atomic mass is 32.2. The molecule has 0 aromatic heterocycles. The summed E-state index contributed by atoms with van der Waals surface area (Å²) in [5, 5.41) is 3.48. The molecule has 1 aromatic carbocycles. The fraction of sp³-hybridized carbons (Fsp3) is 0.538. The molecular formula is C13H19NO2S. The molecule has 1 saturated heterocycles. The van der Waals surface area contributed by atoms with Crippen molar-refractivity contribution in [3.63, 3.8) is 0 Å². The van der Waals surface area contributed by atoms with Gasteiger partial charge in [0.05, 0.1) is 4.90 Å². The van der Waals surface area contributed by atoms with Crippen LogP contribution in [0.3, 0.4) is 0 Å². The van der Waals surface area contributed by atoms with Crippen molar-refractivity contribution in [2.24, 2.45) is 0 Å². The number of sulfone groups is 1. The third kappa shape index (κ3) is 3.30. The molecule has 0 saturated carbocycles. The van der Waals surface area contributed by atoms with Crippen molar-refractivity contribution in [3.8, 4) is 0 Å². The Labute approximate surface area is 103 Å². The first kappa shape index (κ1) is 12.6.